The zero-order valence-corrected chi connectivity index (χ0v) is 21.9. The summed E-state index contributed by atoms with van der Waals surface area (Å²) in [5, 5.41) is 3.72. The van der Waals surface area contributed by atoms with Gasteiger partial charge in [-0.2, -0.15) is 0 Å². The summed E-state index contributed by atoms with van der Waals surface area (Å²) < 4.78 is 5.84. The van der Waals surface area contributed by atoms with Crippen LogP contribution < -0.4 is 10.2 Å². The van der Waals surface area contributed by atoms with Crippen LogP contribution in [0.3, 0.4) is 0 Å². The Balaban J connectivity index is 1.64. The fraction of sp³-hybridized carbons (Fsp3) is 0.286. The van der Waals surface area contributed by atoms with Gasteiger partial charge in [0.15, 0.2) is 0 Å². The predicted molar refractivity (Wildman–Crippen MR) is 145 cm³/mol. The summed E-state index contributed by atoms with van der Waals surface area (Å²) in [6.07, 6.45) is 1.86. The van der Waals surface area contributed by atoms with Crippen LogP contribution in [0.1, 0.15) is 39.1 Å². The number of ether oxygens (including phenoxy) is 1. The molecule has 1 aliphatic heterocycles. The van der Waals surface area contributed by atoms with Gasteiger partial charge in [0.1, 0.15) is 0 Å². The molecule has 0 aliphatic carbocycles. The van der Waals surface area contributed by atoms with Gasteiger partial charge in [-0.25, -0.2) is 0 Å². The van der Waals surface area contributed by atoms with Crippen molar-refractivity contribution in [3.05, 3.63) is 93.5 Å². The van der Waals surface area contributed by atoms with Gasteiger partial charge in [0.25, 0.3) is 11.8 Å². The lowest BCUT2D eigenvalue weighted by atomic mass is 10.1. The topological polar surface area (TPSA) is 61.9 Å². The highest BCUT2D eigenvalue weighted by atomic mass is 35.5. The summed E-state index contributed by atoms with van der Waals surface area (Å²) in [6.45, 7) is 1.48. The highest BCUT2D eigenvalue weighted by molar-refractivity contribution is 6.34. The van der Waals surface area contributed by atoms with Gasteiger partial charge in [-0.3, -0.25) is 9.59 Å². The smallest absolute Gasteiger partial charge is 0.257 e. The van der Waals surface area contributed by atoms with E-state index in [0.717, 1.165) is 24.1 Å². The lowest BCUT2D eigenvalue weighted by Gasteiger charge is -2.28. The van der Waals surface area contributed by atoms with E-state index >= 15 is 0 Å². The van der Waals surface area contributed by atoms with Gasteiger partial charge in [0.05, 0.1) is 27.3 Å². The Morgan fingerprint density at radius 1 is 0.972 bits per heavy atom. The maximum Gasteiger partial charge on any atom is 0.257 e. The number of nitrogens with one attached hydrogen (secondary N) is 1. The molecule has 1 unspecified atom stereocenters. The van der Waals surface area contributed by atoms with Crippen LogP contribution in [0.2, 0.25) is 10.0 Å². The molecule has 8 heteroatoms. The van der Waals surface area contributed by atoms with Crippen molar-refractivity contribution in [3.8, 4) is 0 Å². The first kappa shape index (κ1) is 26.0. The average Bonchev–Trinajstić information content (AvgIpc) is 3.37. The number of hydrogen-bond donors (Lipinski definition) is 1. The van der Waals surface area contributed by atoms with Gasteiger partial charge in [0.2, 0.25) is 0 Å². The number of amides is 2. The largest absolute Gasteiger partial charge is 0.377 e. The molecule has 0 saturated carbocycles. The van der Waals surface area contributed by atoms with Crippen molar-refractivity contribution in [2.24, 2.45) is 0 Å². The first-order chi connectivity index (χ1) is 17.3. The van der Waals surface area contributed by atoms with Crippen LogP contribution in [-0.4, -0.2) is 50.1 Å². The summed E-state index contributed by atoms with van der Waals surface area (Å²) in [5.74, 6) is -0.459. The highest BCUT2D eigenvalue weighted by Crippen LogP contribution is 2.28. The zero-order chi connectivity index (χ0) is 25.7. The molecular weight excluding hydrogens is 497 g/mol. The predicted octanol–water partition coefficient (Wildman–Crippen LogP) is 6.13. The third kappa shape index (κ3) is 6.19. The molecule has 0 radical (unpaired) electrons. The lowest BCUT2D eigenvalue weighted by Crippen LogP contribution is -2.37. The molecule has 1 fully saturated rings. The molecule has 1 saturated heterocycles. The number of carbonyl (C=O) groups is 2. The van der Waals surface area contributed by atoms with E-state index in [0.29, 0.717) is 46.6 Å². The van der Waals surface area contributed by atoms with E-state index in [1.165, 1.54) is 0 Å². The Bertz CT molecular complexity index is 1240. The zero-order valence-electron chi connectivity index (χ0n) is 20.3. The van der Waals surface area contributed by atoms with Crippen molar-refractivity contribution < 1.29 is 14.3 Å². The Morgan fingerprint density at radius 3 is 2.25 bits per heavy atom. The minimum absolute atomic E-state index is 0.0256. The molecule has 36 heavy (non-hydrogen) atoms. The number of benzene rings is 3. The maximum atomic E-state index is 13.6. The summed E-state index contributed by atoms with van der Waals surface area (Å²) in [5.41, 5.74) is 3.28. The second-order valence-electron chi connectivity index (χ2n) is 8.97. The van der Waals surface area contributed by atoms with Gasteiger partial charge in [-0.15, -0.1) is 0 Å². The molecule has 3 aromatic rings. The fourth-order valence-corrected chi connectivity index (χ4v) is 4.77. The lowest BCUT2D eigenvalue weighted by molar-refractivity contribution is 0.0507. The van der Waals surface area contributed by atoms with E-state index in [2.05, 4.69) is 5.32 Å². The molecule has 1 N–H and O–H groups in total. The summed E-state index contributed by atoms with van der Waals surface area (Å²) in [6, 6.07) is 19.6. The molecule has 1 atom stereocenters. The Hall–Kier alpha value is -3.06. The van der Waals surface area contributed by atoms with E-state index in [1.54, 1.807) is 53.4 Å². The summed E-state index contributed by atoms with van der Waals surface area (Å²) >= 11 is 12.6. The van der Waals surface area contributed by atoms with Crippen molar-refractivity contribution in [1.82, 2.24) is 4.90 Å². The maximum absolute atomic E-state index is 13.6. The number of halogens is 2. The Morgan fingerprint density at radius 2 is 1.64 bits per heavy atom. The number of anilines is 2. The van der Waals surface area contributed by atoms with Crippen molar-refractivity contribution in [3.63, 3.8) is 0 Å². The molecular formula is C28H29Cl2N3O3. The van der Waals surface area contributed by atoms with Gasteiger partial charge >= 0.3 is 0 Å². The number of nitrogens with zero attached hydrogens (tertiary/aromatic N) is 2. The van der Waals surface area contributed by atoms with E-state index in [-0.39, 0.29) is 17.9 Å². The summed E-state index contributed by atoms with van der Waals surface area (Å²) in [7, 11) is 3.89. The fourth-order valence-electron chi connectivity index (χ4n) is 4.33. The molecule has 3 aromatic carbocycles. The van der Waals surface area contributed by atoms with Crippen LogP contribution in [0.5, 0.6) is 0 Å². The Labute approximate surface area is 221 Å². The number of hydrogen-bond acceptors (Lipinski definition) is 4. The molecule has 2 amide bonds. The first-order valence-corrected chi connectivity index (χ1v) is 12.6. The van der Waals surface area contributed by atoms with E-state index < -0.39 is 0 Å². The van der Waals surface area contributed by atoms with Crippen molar-refractivity contribution in [2.45, 2.75) is 25.5 Å². The second kappa shape index (κ2) is 11.8. The molecule has 0 spiro atoms. The van der Waals surface area contributed by atoms with Crippen LogP contribution in [0.25, 0.3) is 0 Å². The number of rotatable bonds is 8. The van der Waals surface area contributed by atoms with Crippen molar-refractivity contribution in [1.29, 1.82) is 0 Å². The van der Waals surface area contributed by atoms with Crippen LogP contribution in [0.15, 0.2) is 66.7 Å². The van der Waals surface area contributed by atoms with Gasteiger partial charge in [0, 0.05) is 45.2 Å². The van der Waals surface area contributed by atoms with Crippen LogP contribution in [-0.2, 0) is 11.3 Å². The number of carbonyl (C=O) groups excluding carboxylic acids is 2. The van der Waals surface area contributed by atoms with Crippen LogP contribution in [0, 0.1) is 0 Å². The molecule has 1 heterocycles. The SMILES string of the molecule is CN(C)c1ccc(NC(=O)c2ccccc2Cl)cc1CN(CC1CCCO1)C(=O)c1ccccc1Cl. The summed E-state index contributed by atoms with van der Waals surface area (Å²) in [4.78, 5) is 30.2. The van der Waals surface area contributed by atoms with E-state index in [9.17, 15) is 9.59 Å². The monoisotopic (exact) mass is 525 g/mol. The molecule has 4 rings (SSSR count). The normalized spacial score (nSPS) is 14.9. The molecule has 6 nitrogen and oxygen atoms in total. The average molecular weight is 526 g/mol. The van der Waals surface area contributed by atoms with Crippen molar-refractivity contribution >= 4 is 46.4 Å². The van der Waals surface area contributed by atoms with E-state index in [4.69, 9.17) is 27.9 Å². The third-order valence-corrected chi connectivity index (χ3v) is 6.80. The molecule has 188 valence electrons. The second-order valence-corrected chi connectivity index (χ2v) is 9.79. The Kier molecular flexibility index (Phi) is 8.52. The molecule has 0 aromatic heterocycles. The van der Waals surface area contributed by atoms with Crippen LogP contribution >= 0.6 is 23.2 Å². The quantitative estimate of drug-likeness (QED) is 0.384. The highest BCUT2D eigenvalue weighted by Gasteiger charge is 2.26. The minimum atomic E-state index is -0.299. The van der Waals surface area contributed by atoms with Crippen LogP contribution in [0.4, 0.5) is 11.4 Å². The minimum Gasteiger partial charge on any atom is -0.377 e. The molecule has 0 bridgehead atoms. The molecule has 1 aliphatic rings. The van der Waals surface area contributed by atoms with Gasteiger partial charge in [-0.1, -0.05) is 47.5 Å². The van der Waals surface area contributed by atoms with Crippen molar-refractivity contribution in [2.75, 3.05) is 37.5 Å². The first-order valence-electron chi connectivity index (χ1n) is 11.8. The third-order valence-electron chi connectivity index (χ3n) is 6.14. The van der Waals surface area contributed by atoms with Gasteiger partial charge in [-0.05, 0) is 60.9 Å². The standard InChI is InChI=1S/C28H29Cl2N3O3/c1-32(2)26-14-13-20(31-27(34)22-9-3-5-11-24(22)29)16-19(26)17-33(18-21-8-7-15-36-21)28(35)23-10-4-6-12-25(23)30/h3-6,9-14,16,21H,7-8,15,17-18H2,1-2H3,(H,31,34). The van der Waals surface area contributed by atoms with E-state index in [1.807, 2.05) is 37.2 Å². The van der Waals surface area contributed by atoms with Gasteiger partial charge < -0.3 is 19.9 Å².